The molecule has 1 aromatic carbocycles. The molecule has 0 aliphatic carbocycles. The van der Waals surface area contributed by atoms with Crippen LogP contribution in [0, 0.1) is 0 Å². The lowest BCUT2D eigenvalue weighted by Gasteiger charge is -2.21. The van der Waals surface area contributed by atoms with Gasteiger partial charge in [0.1, 0.15) is 5.56 Å². The number of halogens is 1. The van der Waals surface area contributed by atoms with Crippen LogP contribution in [0.4, 0.5) is 11.4 Å². The van der Waals surface area contributed by atoms with Crippen molar-refractivity contribution < 1.29 is 14.3 Å². The average Bonchev–Trinajstić information content (AvgIpc) is 2.31. The fourth-order valence-corrected chi connectivity index (χ4v) is 2.40. The highest BCUT2D eigenvalue weighted by atomic mass is 79.9. The molecule has 0 saturated carbocycles. The summed E-state index contributed by atoms with van der Waals surface area (Å²) in [5.41, 5.74) is 7.77. The molecule has 0 atom stereocenters. The zero-order chi connectivity index (χ0) is 13.3. The largest absolute Gasteiger partial charge is 0.462 e. The number of anilines is 2. The Morgan fingerprint density at radius 1 is 1.56 bits per heavy atom. The molecule has 0 aromatic heterocycles. The number of nitrogens with one attached hydrogen (secondary N) is 1. The predicted molar refractivity (Wildman–Crippen MR) is 71.5 cm³/mol. The third-order valence-corrected chi connectivity index (χ3v) is 3.42. The Bertz CT molecular complexity index is 529. The van der Waals surface area contributed by atoms with Crippen LogP contribution < -0.4 is 11.1 Å². The molecule has 96 valence electrons. The second-order valence-electron chi connectivity index (χ2n) is 3.95. The SMILES string of the molecule is CCOC(=O)c1c(N)c(Br)cc2c1NC(=O)CC2. The molecule has 2 rings (SSSR count). The molecule has 3 N–H and O–H groups in total. The molecule has 0 bridgehead atoms. The van der Waals surface area contributed by atoms with Gasteiger partial charge in [0.25, 0.3) is 0 Å². The molecule has 0 unspecified atom stereocenters. The van der Waals surface area contributed by atoms with Crippen LogP contribution in [0.2, 0.25) is 0 Å². The maximum Gasteiger partial charge on any atom is 0.342 e. The zero-order valence-electron chi connectivity index (χ0n) is 9.88. The summed E-state index contributed by atoms with van der Waals surface area (Å²) in [6, 6.07) is 1.83. The van der Waals surface area contributed by atoms with Gasteiger partial charge in [-0.15, -0.1) is 0 Å². The quantitative estimate of drug-likeness (QED) is 0.647. The highest BCUT2D eigenvalue weighted by molar-refractivity contribution is 9.10. The van der Waals surface area contributed by atoms with Crippen LogP contribution in [-0.4, -0.2) is 18.5 Å². The first-order valence-electron chi connectivity index (χ1n) is 5.62. The maximum absolute atomic E-state index is 11.9. The molecule has 0 spiro atoms. The van der Waals surface area contributed by atoms with Crippen LogP contribution in [-0.2, 0) is 16.0 Å². The molecular weight excluding hydrogens is 300 g/mol. The number of hydrogen-bond acceptors (Lipinski definition) is 4. The van der Waals surface area contributed by atoms with E-state index in [0.29, 0.717) is 23.0 Å². The molecule has 6 heteroatoms. The van der Waals surface area contributed by atoms with Crippen molar-refractivity contribution in [1.29, 1.82) is 0 Å². The predicted octanol–water partition coefficient (Wildman–Crippen LogP) is 2.09. The number of fused-ring (bicyclic) bond motifs is 1. The second-order valence-corrected chi connectivity index (χ2v) is 4.80. The number of nitrogen functional groups attached to an aromatic ring is 1. The Hall–Kier alpha value is -1.56. The summed E-state index contributed by atoms with van der Waals surface area (Å²) in [4.78, 5) is 23.4. The normalized spacial score (nSPS) is 13.8. The van der Waals surface area contributed by atoms with Gasteiger partial charge in [0, 0.05) is 10.9 Å². The van der Waals surface area contributed by atoms with Crippen LogP contribution in [0.25, 0.3) is 0 Å². The smallest absolute Gasteiger partial charge is 0.342 e. The Morgan fingerprint density at radius 2 is 2.28 bits per heavy atom. The number of amides is 1. The molecule has 1 heterocycles. The van der Waals surface area contributed by atoms with Gasteiger partial charge in [-0.2, -0.15) is 0 Å². The molecule has 1 aliphatic heterocycles. The number of ether oxygens (including phenoxy) is 1. The molecule has 1 aromatic rings. The molecule has 0 fully saturated rings. The first kappa shape index (κ1) is 12.9. The number of aryl methyl sites for hydroxylation is 1. The number of esters is 1. The highest BCUT2D eigenvalue weighted by Crippen LogP contribution is 2.36. The van der Waals surface area contributed by atoms with E-state index in [0.717, 1.165) is 5.56 Å². The molecule has 0 radical (unpaired) electrons. The fourth-order valence-electron chi connectivity index (χ4n) is 1.92. The standard InChI is InChI=1S/C12H13BrN2O3/c1-2-18-12(17)9-10(14)7(13)5-6-3-4-8(16)15-11(6)9/h5H,2-4,14H2,1H3,(H,15,16). The summed E-state index contributed by atoms with van der Waals surface area (Å²) < 4.78 is 5.61. The lowest BCUT2D eigenvalue weighted by Crippen LogP contribution is -2.23. The first-order valence-corrected chi connectivity index (χ1v) is 6.41. The second kappa shape index (κ2) is 4.97. The maximum atomic E-state index is 11.9. The molecule has 0 saturated heterocycles. The van der Waals surface area contributed by atoms with Gasteiger partial charge in [-0.1, -0.05) is 0 Å². The van der Waals surface area contributed by atoms with E-state index in [2.05, 4.69) is 21.2 Å². The van der Waals surface area contributed by atoms with Gasteiger partial charge in [-0.3, -0.25) is 4.79 Å². The van der Waals surface area contributed by atoms with Gasteiger partial charge >= 0.3 is 5.97 Å². The monoisotopic (exact) mass is 312 g/mol. The van der Waals surface area contributed by atoms with Gasteiger partial charge in [0.2, 0.25) is 5.91 Å². The van der Waals surface area contributed by atoms with E-state index in [9.17, 15) is 9.59 Å². The summed E-state index contributed by atoms with van der Waals surface area (Å²) in [6.45, 7) is 1.98. The Kier molecular flexibility index (Phi) is 3.56. The van der Waals surface area contributed by atoms with E-state index >= 15 is 0 Å². The third kappa shape index (κ3) is 2.20. The number of carbonyl (C=O) groups is 2. The van der Waals surface area contributed by atoms with Crippen molar-refractivity contribution in [2.45, 2.75) is 19.8 Å². The van der Waals surface area contributed by atoms with E-state index in [1.165, 1.54) is 0 Å². The van der Waals surface area contributed by atoms with Crippen molar-refractivity contribution >= 4 is 39.2 Å². The van der Waals surface area contributed by atoms with Crippen molar-refractivity contribution in [2.24, 2.45) is 0 Å². The lowest BCUT2D eigenvalue weighted by atomic mass is 9.97. The number of hydrogen-bond donors (Lipinski definition) is 2. The van der Waals surface area contributed by atoms with Crippen LogP contribution >= 0.6 is 15.9 Å². The van der Waals surface area contributed by atoms with Crippen molar-refractivity contribution in [3.05, 3.63) is 21.7 Å². The summed E-state index contributed by atoms with van der Waals surface area (Å²) >= 11 is 3.31. The summed E-state index contributed by atoms with van der Waals surface area (Å²) in [5.74, 6) is -0.635. The molecule has 1 amide bonds. The lowest BCUT2D eigenvalue weighted by molar-refractivity contribution is -0.116. The number of carbonyl (C=O) groups excluding carboxylic acids is 2. The first-order chi connectivity index (χ1) is 8.54. The van der Waals surface area contributed by atoms with Crippen molar-refractivity contribution in [3.8, 4) is 0 Å². The average molecular weight is 313 g/mol. The number of benzene rings is 1. The Morgan fingerprint density at radius 3 is 2.94 bits per heavy atom. The van der Waals surface area contributed by atoms with Crippen LogP contribution in [0.1, 0.15) is 29.3 Å². The zero-order valence-corrected chi connectivity index (χ0v) is 11.5. The summed E-state index contributed by atoms with van der Waals surface area (Å²) in [7, 11) is 0. The van der Waals surface area contributed by atoms with Crippen LogP contribution in [0.3, 0.4) is 0 Å². The van der Waals surface area contributed by atoms with E-state index < -0.39 is 5.97 Å². The number of nitrogens with two attached hydrogens (primary N) is 1. The van der Waals surface area contributed by atoms with E-state index in [-0.39, 0.29) is 23.8 Å². The van der Waals surface area contributed by atoms with Gasteiger partial charge < -0.3 is 15.8 Å². The fraction of sp³-hybridized carbons (Fsp3) is 0.333. The molecule has 5 nitrogen and oxygen atoms in total. The van der Waals surface area contributed by atoms with Gasteiger partial charge in [0.05, 0.1) is 18.0 Å². The van der Waals surface area contributed by atoms with Gasteiger partial charge in [-0.05, 0) is 40.9 Å². The minimum atomic E-state index is -0.519. The van der Waals surface area contributed by atoms with Crippen LogP contribution in [0.15, 0.2) is 10.5 Å². The third-order valence-electron chi connectivity index (χ3n) is 2.76. The van der Waals surface area contributed by atoms with Crippen molar-refractivity contribution in [2.75, 3.05) is 17.7 Å². The minimum absolute atomic E-state index is 0.116. The minimum Gasteiger partial charge on any atom is -0.462 e. The highest BCUT2D eigenvalue weighted by Gasteiger charge is 2.26. The van der Waals surface area contributed by atoms with Crippen LogP contribution in [0.5, 0.6) is 0 Å². The van der Waals surface area contributed by atoms with Crippen molar-refractivity contribution in [1.82, 2.24) is 0 Å². The molecule has 1 aliphatic rings. The number of rotatable bonds is 2. The molecular formula is C12H13BrN2O3. The van der Waals surface area contributed by atoms with E-state index in [1.54, 1.807) is 6.92 Å². The summed E-state index contributed by atoms with van der Waals surface area (Å²) in [5, 5.41) is 2.70. The van der Waals surface area contributed by atoms with Gasteiger partial charge in [-0.25, -0.2) is 4.79 Å². The molecule has 18 heavy (non-hydrogen) atoms. The Balaban J connectivity index is 2.58. The van der Waals surface area contributed by atoms with E-state index in [4.69, 9.17) is 10.5 Å². The van der Waals surface area contributed by atoms with Gasteiger partial charge in [0.15, 0.2) is 0 Å². The topological polar surface area (TPSA) is 81.4 Å². The Labute approximate surface area is 113 Å². The van der Waals surface area contributed by atoms with E-state index in [1.807, 2.05) is 6.07 Å². The summed E-state index contributed by atoms with van der Waals surface area (Å²) in [6.07, 6.45) is 0.998. The van der Waals surface area contributed by atoms with Crippen molar-refractivity contribution in [3.63, 3.8) is 0 Å².